The number of aromatic hydroxyl groups is 1. The summed E-state index contributed by atoms with van der Waals surface area (Å²) in [6, 6.07) is 1.79. The van der Waals surface area contributed by atoms with Gasteiger partial charge in [-0.05, 0) is 30.0 Å². The van der Waals surface area contributed by atoms with E-state index >= 15 is 0 Å². The molecule has 0 saturated carbocycles. The Labute approximate surface area is 230 Å². The fourth-order valence-electron chi connectivity index (χ4n) is 3.95. The van der Waals surface area contributed by atoms with Crippen molar-refractivity contribution in [1.82, 2.24) is 35.9 Å². The van der Waals surface area contributed by atoms with E-state index in [4.69, 9.17) is 5.73 Å². The number of carbonyl (C=O) groups is 4. The number of nitrogens with two attached hydrogens (primary N) is 1. The van der Waals surface area contributed by atoms with Gasteiger partial charge in [-0.15, -0.1) is 0 Å². The van der Waals surface area contributed by atoms with Crippen LogP contribution >= 0.6 is 0 Å². The van der Waals surface area contributed by atoms with Crippen molar-refractivity contribution in [2.24, 2.45) is 11.7 Å². The zero-order chi connectivity index (χ0) is 29.2. The first-order valence-corrected chi connectivity index (χ1v) is 12.7. The van der Waals surface area contributed by atoms with Crippen LogP contribution in [0.4, 0.5) is 0 Å². The lowest BCUT2D eigenvalue weighted by molar-refractivity contribution is -0.142. The van der Waals surface area contributed by atoms with Gasteiger partial charge in [0.1, 0.15) is 23.9 Å². The number of benzene rings is 1. The van der Waals surface area contributed by atoms with Gasteiger partial charge in [-0.3, -0.25) is 14.4 Å². The lowest BCUT2D eigenvalue weighted by Gasteiger charge is -2.27. The van der Waals surface area contributed by atoms with Crippen molar-refractivity contribution in [2.75, 3.05) is 0 Å². The second-order valence-electron chi connectivity index (χ2n) is 9.73. The van der Waals surface area contributed by atoms with E-state index in [-0.39, 0.29) is 30.9 Å². The lowest BCUT2D eigenvalue weighted by atomic mass is 10.0. The molecule has 9 N–H and O–H groups in total. The largest absolute Gasteiger partial charge is 0.508 e. The average molecular weight is 555 g/mol. The second kappa shape index (κ2) is 13.9. The molecule has 0 spiro atoms. The van der Waals surface area contributed by atoms with Crippen molar-refractivity contribution in [3.05, 3.63) is 66.3 Å². The van der Waals surface area contributed by atoms with Crippen LogP contribution in [0.1, 0.15) is 30.8 Å². The standard InChI is InChI=1S/C26H34N8O6/c1-14(2)22(34-23(36)19(27)7-15-3-5-18(35)6-4-15)25(38)32-20(8-16-10-28-12-30-16)24(37)33-21(26(39)40)9-17-11-29-13-31-17/h3-6,10-14,19-22,35H,7-9,27H2,1-2H3,(H,28,30)(H,29,31)(H,32,38)(H,33,37)(H,34,36)(H,39,40). The van der Waals surface area contributed by atoms with E-state index < -0.39 is 47.9 Å². The minimum Gasteiger partial charge on any atom is -0.508 e. The fraction of sp³-hybridized carbons (Fsp3) is 0.385. The van der Waals surface area contributed by atoms with Gasteiger partial charge in [0, 0.05) is 36.6 Å². The summed E-state index contributed by atoms with van der Waals surface area (Å²) >= 11 is 0. The summed E-state index contributed by atoms with van der Waals surface area (Å²) in [4.78, 5) is 64.7. The number of carboxylic acid groups (broad SMARTS) is 1. The van der Waals surface area contributed by atoms with E-state index in [2.05, 4.69) is 35.9 Å². The summed E-state index contributed by atoms with van der Waals surface area (Å²) in [5, 5.41) is 26.9. The third-order valence-electron chi connectivity index (χ3n) is 6.18. The van der Waals surface area contributed by atoms with Crippen LogP contribution in [-0.4, -0.2) is 78.0 Å². The highest BCUT2D eigenvalue weighted by molar-refractivity contribution is 5.94. The number of amides is 3. The van der Waals surface area contributed by atoms with Crippen molar-refractivity contribution in [3.8, 4) is 5.75 Å². The molecule has 1 aromatic carbocycles. The number of carboxylic acids is 1. The quantitative estimate of drug-likeness (QED) is 0.127. The Hall–Kier alpha value is -4.72. The van der Waals surface area contributed by atoms with Gasteiger partial charge in [-0.2, -0.15) is 0 Å². The molecule has 2 heterocycles. The Morgan fingerprint density at radius 1 is 0.825 bits per heavy atom. The molecular weight excluding hydrogens is 520 g/mol. The number of aromatic amines is 2. The summed E-state index contributed by atoms with van der Waals surface area (Å²) in [6.07, 6.45) is 5.87. The average Bonchev–Trinajstić information content (AvgIpc) is 3.61. The predicted octanol–water partition coefficient (Wildman–Crippen LogP) is -0.611. The highest BCUT2D eigenvalue weighted by atomic mass is 16.4. The van der Waals surface area contributed by atoms with E-state index in [1.165, 1.54) is 37.2 Å². The number of imidazole rings is 2. The molecule has 14 nitrogen and oxygen atoms in total. The van der Waals surface area contributed by atoms with E-state index in [1.54, 1.807) is 26.0 Å². The molecule has 4 unspecified atom stereocenters. The number of aliphatic carboxylic acids is 1. The van der Waals surface area contributed by atoms with Crippen molar-refractivity contribution >= 4 is 23.7 Å². The third-order valence-corrected chi connectivity index (χ3v) is 6.18. The van der Waals surface area contributed by atoms with Crippen molar-refractivity contribution in [1.29, 1.82) is 0 Å². The maximum atomic E-state index is 13.3. The minimum absolute atomic E-state index is 0.00685. The number of carbonyl (C=O) groups excluding carboxylic acids is 3. The van der Waals surface area contributed by atoms with Crippen LogP contribution in [-0.2, 0) is 38.4 Å². The van der Waals surface area contributed by atoms with E-state index in [0.29, 0.717) is 11.4 Å². The molecule has 3 amide bonds. The Balaban J connectivity index is 1.70. The number of H-pyrrole nitrogens is 2. The minimum atomic E-state index is -1.28. The first kappa shape index (κ1) is 29.8. The van der Waals surface area contributed by atoms with Crippen molar-refractivity contribution in [2.45, 2.75) is 57.3 Å². The van der Waals surface area contributed by atoms with Gasteiger partial charge in [-0.25, -0.2) is 14.8 Å². The van der Waals surface area contributed by atoms with Crippen LogP contribution in [0.5, 0.6) is 5.75 Å². The van der Waals surface area contributed by atoms with Gasteiger partial charge in [0.05, 0.1) is 18.7 Å². The van der Waals surface area contributed by atoms with Gasteiger partial charge in [0.25, 0.3) is 0 Å². The SMILES string of the molecule is CC(C)C(NC(=O)C(N)Cc1ccc(O)cc1)C(=O)NC(Cc1cnc[nH]1)C(=O)NC(Cc1cnc[nH]1)C(=O)O. The molecule has 0 bridgehead atoms. The molecule has 40 heavy (non-hydrogen) atoms. The maximum Gasteiger partial charge on any atom is 0.326 e. The molecule has 4 atom stereocenters. The van der Waals surface area contributed by atoms with E-state index in [9.17, 15) is 29.4 Å². The molecule has 0 saturated heterocycles. The highest BCUT2D eigenvalue weighted by Crippen LogP contribution is 2.12. The molecule has 3 rings (SSSR count). The number of phenolic OH excluding ortho intramolecular Hbond substituents is 1. The monoisotopic (exact) mass is 554 g/mol. The fourth-order valence-corrected chi connectivity index (χ4v) is 3.95. The molecule has 0 radical (unpaired) electrons. The van der Waals surface area contributed by atoms with Crippen LogP contribution in [0.2, 0.25) is 0 Å². The van der Waals surface area contributed by atoms with Gasteiger partial charge in [0.2, 0.25) is 17.7 Å². The molecule has 0 fully saturated rings. The van der Waals surface area contributed by atoms with E-state index in [1.807, 2.05) is 0 Å². The molecule has 3 aromatic rings. The topological polar surface area (TPSA) is 228 Å². The van der Waals surface area contributed by atoms with Crippen LogP contribution in [0.15, 0.2) is 49.3 Å². The molecule has 0 aliphatic heterocycles. The Bertz CT molecular complexity index is 1260. The van der Waals surface area contributed by atoms with Crippen LogP contribution in [0, 0.1) is 5.92 Å². The summed E-state index contributed by atoms with van der Waals surface area (Å²) in [5.41, 5.74) is 7.83. The normalized spacial score (nSPS) is 14.1. The lowest BCUT2D eigenvalue weighted by Crippen LogP contribution is -2.59. The second-order valence-corrected chi connectivity index (χ2v) is 9.73. The number of rotatable bonds is 14. The third kappa shape index (κ3) is 8.66. The molecule has 0 aliphatic rings. The highest BCUT2D eigenvalue weighted by Gasteiger charge is 2.32. The van der Waals surface area contributed by atoms with Crippen LogP contribution < -0.4 is 21.7 Å². The number of phenols is 1. The number of nitrogens with one attached hydrogen (secondary N) is 5. The first-order chi connectivity index (χ1) is 19.0. The molecule has 0 aliphatic carbocycles. The number of hydrogen-bond donors (Lipinski definition) is 8. The van der Waals surface area contributed by atoms with E-state index in [0.717, 1.165) is 5.56 Å². The number of aromatic nitrogens is 4. The predicted molar refractivity (Wildman–Crippen MR) is 143 cm³/mol. The van der Waals surface area contributed by atoms with Crippen molar-refractivity contribution < 1.29 is 29.4 Å². The maximum absolute atomic E-state index is 13.3. The summed E-state index contributed by atoms with van der Waals surface area (Å²) in [7, 11) is 0. The number of hydrogen-bond acceptors (Lipinski definition) is 8. The van der Waals surface area contributed by atoms with Gasteiger partial charge in [-0.1, -0.05) is 26.0 Å². The molecule has 2 aromatic heterocycles. The van der Waals surface area contributed by atoms with Gasteiger partial charge in [0.15, 0.2) is 0 Å². The zero-order valence-electron chi connectivity index (χ0n) is 22.1. The smallest absolute Gasteiger partial charge is 0.326 e. The zero-order valence-corrected chi connectivity index (χ0v) is 22.1. The Morgan fingerprint density at radius 2 is 1.38 bits per heavy atom. The molecule has 14 heteroatoms. The Kier molecular flexibility index (Phi) is 10.4. The first-order valence-electron chi connectivity index (χ1n) is 12.7. The summed E-state index contributed by atoms with van der Waals surface area (Å²) < 4.78 is 0. The molecular formula is C26H34N8O6. The molecule has 214 valence electrons. The van der Waals surface area contributed by atoms with Gasteiger partial charge < -0.3 is 41.9 Å². The van der Waals surface area contributed by atoms with Crippen LogP contribution in [0.25, 0.3) is 0 Å². The summed E-state index contributed by atoms with van der Waals surface area (Å²) in [5.74, 6) is -3.48. The number of nitrogens with zero attached hydrogens (tertiary/aromatic N) is 2. The van der Waals surface area contributed by atoms with Crippen LogP contribution in [0.3, 0.4) is 0 Å². The summed E-state index contributed by atoms with van der Waals surface area (Å²) in [6.45, 7) is 3.45. The van der Waals surface area contributed by atoms with Gasteiger partial charge >= 0.3 is 5.97 Å². The Morgan fingerprint density at radius 3 is 1.88 bits per heavy atom. The van der Waals surface area contributed by atoms with Crippen molar-refractivity contribution in [3.63, 3.8) is 0 Å².